The van der Waals surface area contributed by atoms with Crippen LogP contribution in [0.4, 0.5) is 0 Å². The van der Waals surface area contributed by atoms with Gasteiger partial charge in [0.25, 0.3) is 0 Å². The van der Waals surface area contributed by atoms with E-state index in [2.05, 4.69) is 350 Å². The zero-order chi connectivity index (χ0) is 94.6. The standard InChI is InChI=1S/C46H28N2O.C43H27N3O.C42H26N4O/c1-3-11-29(12-4-1)38-28-39-43-35(19-10-20-42(43)49-46(39)37-18-8-7-17-36(37)38)33-15-9-16-34(27-33)41-26-24-32-22-21-31-23-25-40(30-13-5-2-6-14-30)47-44(31)45(32)48-41;1-2-11-29(12-3-1)35-27-36-42-32(15-10-18-41(42)47-43(36)34-14-5-4-13-33(34)35)30-21-19-28(20-22-30)31-25-39(37-16-6-8-23-44-37)46-40(26-31)38-17-7-9-24-45-38;1-3-12-28(13-4-1)40-44-41(29-14-5-2-6-15-29)46-42(45-40)30-23-21-27(22-24-30)31-18-11-20-37-38(31)35-26-34(36-19-9-10-25-43-36)32-16-7-8-17-33(32)39(35)47-37/h1-28H;1-27H;1-26H. The van der Waals surface area contributed by atoms with Crippen molar-refractivity contribution in [2.24, 2.45) is 0 Å². The molecule has 0 amide bonds. The normalized spacial score (nSPS) is 11.5. The third-order valence-electron chi connectivity index (χ3n) is 27.0. The Kier molecular flexibility index (Phi) is 21.3. The fourth-order valence-electron chi connectivity index (χ4n) is 20.2. The Morgan fingerprint density at radius 2 is 0.455 bits per heavy atom. The van der Waals surface area contributed by atoms with Crippen molar-refractivity contribution in [3.63, 3.8) is 0 Å². The van der Waals surface area contributed by atoms with Crippen LogP contribution in [0.2, 0.25) is 0 Å². The van der Waals surface area contributed by atoms with E-state index in [4.69, 9.17) is 48.1 Å². The summed E-state index contributed by atoms with van der Waals surface area (Å²) in [6.45, 7) is 0. The van der Waals surface area contributed by atoms with Gasteiger partial charge in [-0.2, -0.15) is 0 Å². The van der Waals surface area contributed by atoms with Crippen LogP contribution in [0.25, 0.3) is 277 Å². The molecule has 0 unspecified atom stereocenters. The summed E-state index contributed by atoms with van der Waals surface area (Å²) in [5.74, 6) is 1.91. The highest BCUT2D eigenvalue weighted by Crippen LogP contribution is 2.49. The average molecular weight is 1830 g/mol. The first-order valence-corrected chi connectivity index (χ1v) is 47.8. The maximum Gasteiger partial charge on any atom is 0.164 e. The number of benzene rings is 18. The second-order valence-electron chi connectivity index (χ2n) is 35.6. The summed E-state index contributed by atoms with van der Waals surface area (Å²) in [4.78, 5) is 43.8. The van der Waals surface area contributed by atoms with Crippen molar-refractivity contribution in [3.8, 4) is 157 Å². The molecule has 0 atom stereocenters. The fraction of sp³-hybridized carbons (Fsp3) is 0. The molecule has 0 aliphatic rings. The monoisotopic (exact) mass is 1830 g/mol. The van der Waals surface area contributed by atoms with Crippen LogP contribution in [-0.2, 0) is 0 Å². The van der Waals surface area contributed by atoms with E-state index in [9.17, 15) is 0 Å². The van der Waals surface area contributed by atoms with Gasteiger partial charge < -0.3 is 13.3 Å². The third kappa shape index (κ3) is 15.7. The third-order valence-corrected chi connectivity index (χ3v) is 27.0. The molecule has 668 valence electrons. The lowest BCUT2D eigenvalue weighted by molar-refractivity contribution is 0.672. The Bertz CT molecular complexity index is 9260. The van der Waals surface area contributed by atoms with Gasteiger partial charge in [-0.05, 0) is 186 Å². The highest BCUT2D eigenvalue weighted by atomic mass is 16.3. The summed E-state index contributed by atoms with van der Waals surface area (Å²) in [5.41, 5.74) is 32.8. The van der Waals surface area contributed by atoms with Gasteiger partial charge in [0.2, 0.25) is 0 Å². The van der Waals surface area contributed by atoms with Crippen molar-refractivity contribution in [1.29, 1.82) is 0 Å². The molecule has 0 N–H and O–H groups in total. The van der Waals surface area contributed by atoms with Crippen LogP contribution in [0.5, 0.6) is 0 Å². The Hall–Kier alpha value is -19.4. The number of fused-ring (bicyclic) bond motifs is 18. The lowest BCUT2D eigenvalue weighted by Gasteiger charge is -2.11. The molecule has 0 saturated carbocycles. The van der Waals surface area contributed by atoms with Crippen molar-refractivity contribution in [2.45, 2.75) is 0 Å². The highest BCUT2D eigenvalue weighted by molar-refractivity contribution is 6.25. The minimum absolute atomic E-state index is 0.627. The van der Waals surface area contributed by atoms with Gasteiger partial charge in [0.15, 0.2) is 17.5 Å². The molecule has 0 radical (unpaired) electrons. The predicted molar refractivity (Wildman–Crippen MR) is 585 cm³/mol. The molecule has 0 spiro atoms. The lowest BCUT2D eigenvalue weighted by atomic mass is 9.93. The van der Waals surface area contributed by atoms with Crippen LogP contribution >= 0.6 is 0 Å². The van der Waals surface area contributed by atoms with E-state index in [1.807, 2.05) is 140 Å². The molecular formula is C131H81N9O3. The molecule has 0 aliphatic carbocycles. The topological polar surface area (TPSA) is 155 Å². The largest absolute Gasteiger partial charge is 0.455 e. The molecule has 12 nitrogen and oxygen atoms in total. The first-order chi connectivity index (χ1) is 70.9. The molecule has 0 fully saturated rings. The first-order valence-electron chi connectivity index (χ1n) is 47.8. The molecule has 10 aromatic heterocycles. The minimum Gasteiger partial charge on any atom is -0.455 e. The van der Waals surface area contributed by atoms with Crippen LogP contribution in [0.3, 0.4) is 0 Å². The van der Waals surface area contributed by atoms with Crippen LogP contribution in [0.15, 0.2) is 505 Å². The van der Waals surface area contributed by atoms with E-state index in [0.717, 1.165) is 227 Å². The number of nitrogens with zero attached hydrogens (tertiary/aromatic N) is 9. The molecule has 28 aromatic rings. The quantitative estimate of drug-likeness (QED) is 0.0951. The van der Waals surface area contributed by atoms with E-state index in [1.165, 1.54) is 33.0 Å². The smallest absolute Gasteiger partial charge is 0.164 e. The Labute approximate surface area is 821 Å². The van der Waals surface area contributed by atoms with Gasteiger partial charge in [-0.1, -0.05) is 370 Å². The van der Waals surface area contributed by atoms with Crippen LogP contribution < -0.4 is 0 Å². The van der Waals surface area contributed by atoms with Crippen molar-refractivity contribution >= 4 is 120 Å². The van der Waals surface area contributed by atoms with Gasteiger partial charge in [-0.15, -0.1) is 0 Å². The Balaban J connectivity index is 0.000000110. The lowest BCUT2D eigenvalue weighted by Crippen LogP contribution is -2.00. The van der Waals surface area contributed by atoms with Crippen LogP contribution in [0.1, 0.15) is 0 Å². The van der Waals surface area contributed by atoms with Gasteiger partial charge in [-0.25, -0.2) is 29.9 Å². The summed E-state index contributed by atoms with van der Waals surface area (Å²) in [5, 5.41) is 15.6. The van der Waals surface area contributed by atoms with E-state index < -0.39 is 0 Å². The summed E-state index contributed by atoms with van der Waals surface area (Å²) in [6.07, 6.45) is 5.43. The van der Waals surface area contributed by atoms with E-state index in [0.29, 0.717) is 17.5 Å². The SMILES string of the molecule is c1ccc(-c2cc3c(oc4cccc(-c5ccc(-c6cc(-c7ccccn7)nc(-c7ccccn7)c6)cc5)c43)c3ccccc23)cc1.c1ccc(-c2ccc3ccc4ccc(-c5cccc(-c6cccc7oc8c9ccccc9c(-c9ccccc9)cc8c67)c5)nc4c3n2)cc1.c1ccc(-c2nc(-c3ccccc3)nc(-c3ccc(-c4cccc5oc6c7ccccc7c(-c7ccccn7)cc6c45)cc3)n2)cc1. The summed E-state index contributed by atoms with van der Waals surface area (Å²) < 4.78 is 19.8. The van der Waals surface area contributed by atoms with E-state index in [1.54, 1.807) is 12.4 Å². The molecule has 28 rings (SSSR count). The second-order valence-corrected chi connectivity index (χ2v) is 35.6. The number of hydrogen-bond donors (Lipinski definition) is 0. The van der Waals surface area contributed by atoms with Gasteiger partial charge in [0.05, 0.1) is 50.9 Å². The summed E-state index contributed by atoms with van der Waals surface area (Å²) in [7, 11) is 0. The predicted octanol–water partition coefficient (Wildman–Crippen LogP) is 34.4. The first kappa shape index (κ1) is 84.1. The zero-order valence-electron chi connectivity index (χ0n) is 77.0. The molecule has 10 heterocycles. The van der Waals surface area contributed by atoms with Gasteiger partial charge in [0, 0.05) is 111 Å². The maximum absolute atomic E-state index is 6.64. The van der Waals surface area contributed by atoms with Crippen molar-refractivity contribution in [2.75, 3.05) is 0 Å². The van der Waals surface area contributed by atoms with E-state index in [-0.39, 0.29) is 0 Å². The van der Waals surface area contributed by atoms with Crippen LogP contribution in [0, 0.1) is 0 Å². The van der Waals surface area contributed by atoms with Gasteiger partial charge >= 0.3 is 0 Å². The molecule has 18 aromatic carbocycles. The highest BCUT2D eigenvalue weighted by Gasteiger charge is 2.25. The number of aromatic nitrogens is 9. The molecule has 0 aliphatic heterocycles. The van der Waals surface area contributed by atoms with Crippen molar-refractivity contribution < 1.29 is 13.3 Å². The molecule has 143 heavy (non-hydrogen) atoms. The Morgan fingerprint density at radius 3 is 0.874 bits per heavy atom. The molecule has 12 heteroatoms. The van der Waals surface area contributed by atoms with Crippen molar-refractivity contribution in [1.82, 2.24) is 44.9 Å². The van der Waals surface area contributed by atoms with Gasteiger partial charge in [-0.3, -0.25) is 15.0 Å². The number of hydrogen-bond acceptors (Lipinski definition) is 12. The van der Waals surface area contributed by atoms with Gasteiger partial charge in [0.1, 0.15) is 33.5 Å². The van der Waals surface area contributed by atoms with E-state index >= 15 is 0 Å². The molecule has 0 saturated heterocycles. The fourth-order valence-corrected chi connectivity index (χ4v) is 20.2. The molecule has 0 bridgehead atoms. The number of pyridine rings is 6. The average Bonchev–Trinajstić information content (AvgIpc) is 1.60. The zero-order valence-corrected chi connectivity index (χ0v) is 77.0. The molecular weight excluding hydrogens is 1750 g/mol. The summed E-state index contributed by atoms with van der Waals surface area (Å²) in [6, 6.07) is 163. The number of rotatable bonds is 14. The maximum atomic E-state index is 6.64. The Morgan fingerprint density at radius 1 is 0.147 bits per heavy atom. The van der Waals surface area contributed by atoms with Crippen molar-refractivity contribution in [3.05, 3.63) is 492 Å². The van der Waals surface area contributed by atoms with Crippen LogP contribution in [-0.4, -0.2) is 44.9 Å². The number of furan rings is 3. The minimum atomic E-state index is 0.627. The summed E-state index contributed by atoms with van der Waals surface area (Å²) >= 11 is 0. The second kappa shape index (κ2) is 36.2.